The van der Waals surface area contributed by atoms with Crippen molar-refractivity contribution in [1.82, 2.24) is 5.32 Å². The van der Waals surface area contributed by atoms with Crippen LogP contribution in [0.15, 0.2) is 36.5 Å². The number of hydrogen-bond donors (Lipinski definition) is 3. The van der Waals surface area contributed by atoms with Crippen molar-refractivity contribution in [3.8, 4) is 0 Å². The lowest BCUT2D eigenvalue weighted by Crippen LogP contribution is -2.45. The number of nitrogens with one attached hydrogen (secondary N) is 1. The Morgan fingerprint density at radius 3 is 1.52 bits per heavy atom. The van der Waals surface area contributed by atoms with Crippen molar-refractivity contribution in [1.29, 1.82) is 0 Å². The van der Waals surface area contributed by atoms with Gasteiger partial charge in [0.15, 0.2) is 0 Å². The zero-order valence-corrected chi connectivity index (χ0v) is 36.9. The first-order chi connectivity index (χ1) is 26.0. The number of carbonyl (C=O) groups excluding carboxylic acids is 1. The third kappa shape index (κ3) is 39.0. The van der Waals surface area contributed by atoms with Gasteiger partial charge in [-0.25, -0.2) is 4.57 Å². The SMILES string of the molecule is CCCCCCC/C=C\C/C=C\CCCCCCCCCCCCCCCC(=O)NC(COP(=O)(O)OCC[N+](C)(C)C)C(O)/C=C/CCCCCCC. The van der Waals surface area contributed by atoms with E-state index in [1.54, 1.807) is 6.08 Å². The first-order valence-electron chi connectivity index (χ1n) is 22.4. The van der Waals surface area contributed by atoms with Gasteiger partial charge in [0.1, 0.15) is 13.2 Å². The highest BCUT2D eigenvalue weighted by atomic mass is 31.2. The van der Waals surface area contributed by atoms with Crippen molar-refractivity contribution in [2.75, 3.05) is 40.9 Å². The van der Waals surface area contributed by atoms with E-state index in [9.17, 15) is 19.4 Å². The number of rotatable bonds is 40. The summed E-state index contributed by atoms with van der Waals surface area (Å²) in [4.78, 5) is 23.0. The second kappa shape index (κ2) is 37.3. The zero-order valence-electron chi connectivity index (χ0n) is 36.0. The van der Waals surface area contributed by atoms with Crippen molar-refractivity contribution in [2.45, 2.75) is 206 Å². The van der Waals surface area contributed by atoms with Gasteiger partial charge in [-0.3, -0.25) is 13.8 Å². The smallest absolute Gasteiger partial charge is 0.387 e. The molecular formula is C45H88N2O6P+. The molecule has 0 aliphatic rings. The van der Waals surface area contributed by atoms with E-state index < -0.39 is 20.0 Å². The topological polar surface area (TPSA) is 105 Å². The molecule has 0 saturated heterocycles. The largest absolute Gasteiger partial charge is 0.472 e. The normalized spacial score (nSPS) is 14.7. The van der Waals surface area contributed by atoms with E-state index in [-0.39, 0.29) is 19.1 Å². The molecule has 3 N–H and O–H groups in total. The third-order valence-electron chi connectivity index (χ3n) is 9.85. The summed E-state index contributed by atoms with van der Waals surface area (Å²) in [5.41, 5.74) is 0. The number of nitrogens with zero attached hydrogens (tertiary/aromatic N) is 1. The van der Waals surface area contributed by atoms with Crippen molar-refractivity contribution >= 4 is 13.7 Å². The Hall–Kier alpha value is -1.28. The van der Waals surface area contributed by atoms with Gasteiger partial charge < -0.3 is 19.8 Å². The molecule has 3 atom stereocenters. The van der Waals surface area contributed by atoms with Crippen LogP contribution in [0.5, 0.6) is 0 Å². The molecule has 0 fully saturated rings. The van der Waals surface area contributed by atoms with E-state index in [1.807, 2.05) is 27.2 Å². The monoisotopic (exact) mass is 784 g/mol. The highest BCUT2D eigenvalue weighted by Crippen LogP contribution is 2.43. The van der Waals surface area contributed by atoms with E-state index in [0.29, 0.717) is 17.4 Å². The number of likely N-dealkylation sites (N-methyl/N-ethyl adjacent to an activating group) is 1. The molecule has 0 radical (unpaired) electrons. The Bertz CT molecular complexity index is 980. The van der Waals surface area contributed by atoms with Gasteiger partial charge in [-0.1, -0.05) is 172 Å². The maximum atomic E-state index is 12.8. The van der Waals surface area contributed by atoms with Crippen LogP contribution in [0.3, 0.4) is 0 Å². The van der Waals surface area contributed by atoms with Crippen LogP contribution in [0.4, 0.5) is 0 Å². The summed E-state index contributed by atoms with van der Waals surface area (Å²) in [7, 11) is 1.57. The predicted molar refractivity (Wildman–Crippen MR) is 231 cm³/mol. The maximum absolute atomic E-state index is 12.8. The van der Waals surface area contributed by atoms with Gasteiger partial charge >= 0.3 is 7.82 Å². The number of quaternary nitrogens is 1. The lowest BCUT2D eigenvalue weighted by atomic mass is 10.0. The van der Waals surface area contributed by atoms with Gasteiger partial charge in [0, 0.05) is 6.42 Å². The quantitative estimate of drug-likeness (QED) is 0.0247. The fourth-order valence-electron chi connectivity index (χ4n) is 6.25. The minimum absolute atomic E-state index is 0.0609. The molecule has 0 aromatic carbocycles. The molecule has 0 bridgehead atoms. The number of amides is 1. The number of phosphoric acid groups is 1. The lowest BCUT2D eigenvalue weighted by Gasteiger charge is -2.25. The molecule has 0 saturated carbocycles. The van der Waals surface area contributed by atoms with E-state index >= 15 is 0 Å². The fourth-order valence-corrected chi connectivity index (χ4v) is 6.98. The molecule has 0 aromatic heterocycles. The molecule has 8 nitrogen and oxygen atoms in total. The summed E-state index contributed by atoms with van der Waals surface area (Å²) in [6.07, 6.45) is 45.3. The van der Waals surface area contributed by atoms with Gasteiger partial charge in [0.25, 0.3) is 0 Å². The van der Waals surface area contributed by atoms with Crippen LogP contribution in [0.1, 0.15) is 194 Å². The summed E-state index contributed by atoms with van der Waals surface area (Å²) in [6.45, 7) is 4.74. The van der Waals surface area contributed by atoms with Gasteiger partial charge in [-0.05, 0) is 51.4 Å². The summed E-state index contributed by atoms with van der Waals surface area (Å²) in [6, 6.07) is -0.842. The second-order valence-electron chi connectivity index (χ2n) is 16.4. The number of hydrogen-bond acceptors (Lipinski definition) is 5. The number of phosphoric ester groups is 1. The average Bonchev–Trinajstić information content (AvgIpc) is 3.12. The number of aliphatic hydroxyl groups is 1. The van der Waals surface area contributed by atoms with Gasteiger partial charge in [0.05, 0.1) is 39.9 Å². The molecule has 0 aromatic rings. The minimum atomic E-state index is -4.32. The molecule has 1 amide bonds. The van der Waals surface area contributed by atoms with Crippen molar-refractivity contribution in [3.63, 3.8) is 0 Å². The predicted octanol–water partition coefficient (Wildman–Crippen LogP) is 12.3. The van der Waals surface area contributed by atoms with Crippen LogP contribution in [0.25, 0.3) is 0 Å². The van der Waals surface area contributed by atoms with Crippen LogP contribution in [-0.2, 0) is 18.4 Å². The maximum Gasteiger partial charge on any atom is 0.472 e. The molecule has 0 heterocycles. The summed E-state index contributed by atoms with van der Waals surface area (Å²) >= 11 is 0. The summed E-state index contributed by atoms with van der Waals surface area (Å²) in [5.74, 6) is -0.183. The molecule has 3 unspecified atom stereocenters. The molecule has 54 heavy (non-hydrogen) atoms. The van der Waals surface area contributed by atoms with Crippen LogP contribution in [0.2, 0.25) is 0 Å². The molecule has 318 valence electrons. The first-order valence-corrected chi connectivity index (χ1v) is 23.9. The molecule has 0 aliphatic heterocycles. The average molecular weight is 784 g/mol. The number of unbranched alkanes of at least 4 members (excludes halogenated alkanes) is 23. The lowest BCUT2D eigenvalue weighted by molar-refractivity contribution is -0.870. The third-order valence-corrected chi connectivity index (χ3v) is 10.8. The van der Waals surface area contributed by atoms with Crippen molar-refractivity contribution < 1.29 is 32.9 Å². The molecule has 0 rings (SSSR count). The molecule has 9 heteroatoms. The van der Waals surface area contributed by atoms with E-state index in [4.69, 9.17) is 9.05 Å². The van der Waals surface area contributed by atoms with Gasteiger partial charge in [0.2, 0.25) is 5.91 Å². The Morgan fingerprint density at radius 1 is 0.630 bits per heavy atom. The first kappa shape index (κ1) is 52.7. The Balaban J connectivity index is 4.09. The number of allylic oxidation sites excluding steroid dienone is 5. The van der Waals surface area contributed by atoms with E-state index in [2.05, 4.69) is 43.5 Å². The molecule has 0 aliphatic carbocycles. The summed E-state index contributed by atoms with van der Waals surface area (Å²) in [5, 5.41) is 13.7. The number of carbonyl (C=O) groups is 1. The fraction of sp³-hybridized carbons (Fsp3) is 0.844. The van der Waals surface area contributed by atoms with Crippen molar-refractivity contribution in [2.24, 2.45) is 0 Å². The molecule has 0 spiro atoms. The van der Waals surface area contributed by atoms with E-state index in [1.165, 1.54) is 128 Å². The van der Waals surface area contributed by atoms with E-state index in [0.717, 1.165) is 44.9 Å². The Kier molecular flexibility index (Phi) is 36.4. The highest BCUT2D eigenvalue weighted by Gasteiger charge is 2.27. The second-order valence-corrected chi connectivity index (χ2v) is 17.9. The highest BCUT2D eigenvalue weighted by molar-refractivity contribution is 7.47. The van der Waals surface area contributed by atoms with Gasteiger partial charge in [-0.2, -0.15) is 0 Å². The molecular weight excluding hydrogens is 695 g/mol. The number of aliphatic hydroxyl groups excluding tert-OH is 1. The summed E-state index contributed by atoms with van der Waals surface area (Å²) < 4.78 is 23.4. The van der Waals surface area contributed by atoms with Crippen molar-refractivity contribution in [3.05, 3.63) is 36.5 Å². The zero-order chi connectivity index (χ0) is 40.0. The van der Waals surface area contributed by atoms with Crippen LogP contribution in [-0.4, -0.2) is 73.4 Å². The Labute approximate surface area is 334 Å². The minimum Gasteiger partial charge on any atom is -0.387 e. The van der Waals surface area contributed by atoms with Gasteiger partial charge in [-0.15, -0.1) is 0 Å². The Morgan fingerprint density at radius 2 is 1.06 bits per heavy atom. The standard InChI is InChI=1S/C45H87N2O6P/c1-6-8-10-12-14-15-16-17-18-19-20-21-22-23-24-25-26-27-28-29-30-31-33-35-37-39-45(49)46-43(44(48)38-36-34-32-13-11-9-7-2)42-53-54(50,51)52-41-40-47(3,4)5/h16-17,19-20,36,38,43-44,48H,6-15,18,21-35,37,39-42H2,1-5H3,(H-,46,49,50,51)/p+1/b17-16-,20-19-,38-36+. The van der Waals surface area contributed by atoms with Crippen LogP contribution in [0, 0.1) is 0 Å². The van der Waals surface area contributed by atoms with Crippen LogP contribution >= 0.6 is 7.82 Å². The van der Waals surface area contributed by atoms with Crippen LogP contribution < -0.4 is 5.32 Å².